The van der Waals surface area contributed by atoms with Crippen LogP contribution in [0.5, 0.6) is 0 Å². The van der Waals surface area contributed by atoms with Crippen LogP contribution in [0.1, 0.15) is 24.8 Å². The van der Waals surface area contributed by atoms with Gasteiger partial charge >= 0.3 is 0 Å². The number of hydrogen-bond acceptors (Lipinski definition) is 1. The first kappa shape index (κ1) is 11.0. The SMILES string of the molecule is O=C1CC2CCC1C=C2c1ccc2ccccc2c1. The van der Waals surface area contributed by atoms with Crippen molar-refractivity contribution in [2.75, 3.05) is 0 Å². The highest BCUT2D eigenvalue weighted by Gasteiger charge is 2.35. The number of benzene rings is 2. The van der Waals surface area contributed by atoms with E-state index in [9.17, 15) is 4.79 Å². The standard InChI is InChI=1S/C18H16O/c19-18-11-15-7-8-16(18)10-17(15)14-6-5-12-3-1-2-4-13(12)9-14/h1-6,9-10,15-16H,7-8,11H2. The molecule has 2 atom stereocenters. The molecule has 1 heteroatoms. The molecular weight excluding hydrogens is 232 g/mol. The van der Waals surface area contributed by atoms with E-state index >= 15 is 0 Å². The molecule has 0 aromatic heterocycles. The Morgan fingerprint density at radius 1 is 0.947 bits per heavy atom. The average molecular weight is 248 g/mol. The fraction of sp³-hybridized carbons (Fsp3) is 0.278. The number of rotatable bonds is 1. The first-order chi connectivity index (χ1) is 9.31. The molecule has 19 heavy (non-hydrogen) atoms. The summed E-state index contributed by atoms with van der Waals surface area (Å²) in [5, 5.41) is 2.57. The van der Waals surface area contributed by atoms with Gasteiger partial charge in [0.25, 0.3) is 0 Å². The second-order valence-electron chi connectivity index (χ2n) is 5.74. The molecule has 1 nitrogen and oxygen atoms in total. The van der Waals surface area contributed by atoms with Gasteiger partial charge in [0.2, 0.25) is 0 Å². The van der Waals surface area contributed by atoms with Crippen LogP contribution in [0.2, 0.25) is 0 Å². The zero-order valence-electron chi connectivity index (χ0n) is 10.8. The van der Waals surface area contributed by atoms with Crippen molar-refractivity contribution < 1.29 is 4.79 Å². The van der Waals surface area contributed by atoms with Crippen LogP contribution >= 0.6 is 0 Å². The molecule has 2 bridgehead atoms. The van der Waals surface area contributed by atoms with Crippen molar-refractivity contribution in [2.24, 2.45) is 11.8 Å². The highest BCUT2D eigenvalue weighted by molar-refractivity contribution is 5.93. The highest BCUT2D eigenvalue weighted by Crippen LogP contribution is 2.43. The number of hydrogen-bond donors (Lipinski definition) is 0. The van der Waals surface area contributed by atoms with Crippen molar-refractivity contribution in [2.45, 2.75) is 19.3 Å². The number of ketones is 1. The van der Waals surface area contributed by atoms with Crippen LogP contribution in [0, 0.1) is 11.8 Å². The van der Waals surface area contributed by atoms with Crippen LogP contribution < -0.4 is 0 Å². The summed E-state index contributed by atoms with van der Waals surface area (Å²) in [5.74, 6) is 1.09. The van der Waals surface area contributed by atoms with Gasteiger partial charge in [-0.3, -0.25) is 4.79 Å². The molecule has 2 unspecified atom stereocenters. The summed E-state index contributed by atoms with van der Waals surface area (Å²) in [5.41, 5.74) is 2.71. The second-order valence-corrected chi connectivity index (χ2v) is 5.74. The molecule has 94 valence electrons. The second kappa shape index (κ2) is 4.06. The Bertz CT molecular complexity index is 696. The molecule has 0 radical (unpaired) electrons. The number of fused-ring (bicyclic) bond motifs is 3. The van der Waals surface area contributed by atoms with Crippen molar-refractivity contribution in [3.05, 3.63) is 54.1 Å². The molecule has 2 aromatic carbocycles. The van der Waals surface area contributed by atoms with Crippen LogP contribution in [0.3, 0.4) is 0 Å². The van der Waals surface area contributed by atoms with Crippen LogP contribution in [-0.2, 0) is 4.79 Å². The van der Waals surface area contributed by atoms with Gasteiger partial charge < -0.3 is 0 Å². The average Bonchev–Trinajstić information content (AvgIpc) is 2.47. The summed E-state index contributed by atoms with van der Waals surface area (Å²) in [7, 11) is 0. The summed E-state index contributed by atoms with van der Waals surface area (Å²) in [6, 6.07) is 15.1. The molecule has 1 fully saturated rings. The first-order valence-electron chi connectivity index (χ1n) is 7.05. The van der Waals surface area contributed by atoms with Gasteiger partial charge in [0.05, 0.1) is 0 Å². The maximum absolute atomic E-state index is 11.8. The summed E-state index contributed by atoms with van der Waals surface area (Å²) in [6.45, 7) is 0. The minimum atomic E-state index is 0.187. The molecule has 3 aliphatic rings. The molecule has 0 spiro atoms. The topological polar surface area (TPSA) is 17.1 Å². The smallest absolute Gasteiger partial charge is 0.140 e. The lowest BCUT2D eigenvalue weighted by Gasteiger charge is -2.34. The fourth-order valence-corrected chi connectivity index (χ4v) is 3.53. The number of carbonyl (C=O) groups is 1. The molecule has 0 aliphatic heterocycles. The van der Waals surface area contributed by atoms with Crippen LogP contribution in [0.4, 0.5) is 0 Å². The van der Waals surface area contributed by atoms with Gasteiger partial charge in [-0.15, -0.1) is 0 Å². The lowest BCUT2D eigenvalue weighted by molar-refractivity contribution is -0.124. The Morgan fingerprint density at radius 2 is 1.79 bits per heavy atom. The third kappa shape index (κ3) is 1.73. The van der Waals surface area contributed by atoms with Gasteiger partial charge in [0.1, 0.15) is 5.78 Å². The lowest BCUT2D eigenvalue weighted by atomic mass is 9.69. The third-order valence-electron chi connectivity index (χ3n) is 4.59. The highest BCUT2D eigenvalue weighted by atomic mass is 16.1. The van der Waals surface area contributed by atoms with Crippen LogP contribution in [0.15, 0.2) is 48.5 Å². The Morgan fingerprint density at radius 3 is 2.53 bits per heavy atom. The molecule has 5 rings (SSSR count). The normalized spacial score (nSPS) is 25.7. The fourth-order valence-electron chi connectivity index (χ4n) is 3.53. The number of Topliss-reactive ketones (excluding diaryl/α,β-unsaturated/α-hetero) is 1. The van der Waals surface area contributed by atoms with Gasteiger partial charge in [-0.2, -0.15) is 0 Å². The number of allylic oxidation sites excluding steroid dienone is 2. The van der Waals surface area contributed by atoms with E-state index in [-0.39, 0.29) is 5.92 Å². The molecule has 3 aliphatic carbocycles. The van der Waals surface area contributed by atoms with Gasteiger partial charge in [-0.05, 0) is 46.7 Å². The molecule has 0 amide bonds. The van der Waals surface area contributed by atoms with E-state index < -0.39 is 0 Å². The summed E-state index contributed by atoms with van der Waals surface area (Å²) in [6.07, 6.45) is 5.21. The zero-order chi connectivity index (χ0) is 12.8. The Hall–Kier alpha value is -1.89. The summed E-state index contributed by atoms with van der Waals surface area (Å²) >= 11 is 0. The van der Waals surface area contributed by atoms with Crippen LogP contribution in [0.25, 0.3) is 16.3 Å². The van der Waals surface area contributed by atoms with Gasteiger partial charge in [-0.1, -0.05) is 42.5 Å². The van der Waals surface area contributed by atoms with E-state index in [0.717, 1.165) is 12.8 Å². The zero-order valence-corrected chi connectivity index (χ0v) is 10.8. The van der Waals surface area contributed by atoms with Gasteiger partial charge in [0.15, 0.2) is 0 Å². The van der Waals surface area contributed by atoms with Crippen molar-refractivity contribution in [1.82, 2.24) is 0 Å². The van der Waals surface area contributed by atoms with Crippen molar-refractivity contribution in [1.29, 1.82) is 0 Å². The van der Waals surface area contributed by atoms with Crippen molar-refractivity contribution in [3.8, 4) is 0 Å². The van der Waals surface area contributed by atoms with E-state index in [1.165, 1.54) is 28.3 Å². The largest absolute Gasteiger partial charge is 0.299 e. The van der Waals surface area contributed by atoms with E-state index in [1.54, 1.807) is 0 Å². The molecule has 2 aromatic rings. The molecule has 0 heterocycles. The minimum Gasteiger partial charge on any atom is -0.299 e. The molecule has 0 saturated heterocycles. The third-order valence-corrected chi connectivity index (χ3v) is 4.59. The maximum Gasteiger partial charge on any atom is 0.140 e. The van der Waals surface area contributed by atoms with E-state index in [2.05, 4.69) is 48.5 Å². The molecule has 1 saturated carbocycles. The predicted octanol–water partition coefficient (Wildman–Crippen LogP) is 4.22. The molecular formula is C18H16O. The maximum atomic E-state index is 11.8. The van der Waals surface area contributed by atoms with E-state index in [4.69, 9.17) is 0 Å². The van der Waals surface area contributed by atoms with E-state index in [0.29, 0.717) is 11.7 Å². The van der Waals surface area contributed by atoms with Crippen molar-refractivity contribution >= 4 is 22.1 Å². The summed E-state index contributed by atoms with van der Waals surface area (Å²) in [4.78, 5) is 11.8. The quantitative estimate of drug-likeness (QED) is 0.738. The summed E-state index contributed by atoms with van der Waals surface area (Å²) < 4.78 is 0. The Labute approximate surface area is 112 Å². The number of carbonyl (C=O) groups excluding carboxylic acids is 1. The molecule has 0 N–H and O–H groups in total. The Kier molecular flexibility index (Phi) is 2.34. The van der Waals surface area contributed by atoms with E-state index in [1.807, 2.05) is 0 Å². The first-order valence-corrected chi connectivity index (χ1v) is 7.05. The lowest BCUT2D eigenvalue weighted by Crippen LogP contribution is -2.29. The van der Waals surface area contributed by atoms with Crippen LogP contribution in [-0.4, -0.2) is 5.78 Å². The Balaban J connectivity index is 1.83. The van der Waals surface area contributed by atoms with Crippen molar-refractivity contribution in [3.63, 3.8) is 0 Å². The monoisotopic (exact) mass is 248 g/mol. The predicted molar refractivity (Wildman–Crippen MR) is 77.8 cm³/mol. The van der Waals surface area contributed by atoms with Gasteiger partial charge in [0, 0.05) is 12.3 Å². The minimum absolute atomic E-state index is 0.187. The van der Waals surface area contributed by atoms with Gasteiger partial charge in [-0.25, -0.2) is 0 Å².